The van der Waals surface area contributed by atoms with Crippen molar-refractivity contribution in [1.29, 1.82) is 0 Å². The lowest BCUT2D eigenvalue weighted by Crippen LogP contribution is -2.30. The Labute approximate surface area is 387 Å². The first kappa shape index (κ1) is 60.4. The number of esters is 3. The highest BCUT2D eigenvalue weighted by Crippen LogP contribution is 2.18. The van der Waals surface area contributed by atoms with Crippen molar-refractivity contribution < 1.29 is 28.6 Å². The van der Waals surface area contributed by atoms with Gasteiger partial charge in [-0.05, 0) is 31.1 Å². The molecule has 0 aromatic carbocycles. The van der Waals surface area contributed by atoms with E-state index in [1.807, 2.05) is 0 Å². The van der Waals surface area contributed by atoms with Crippen LogP contribution in [-0.4, -0.2) is 37.2 Å². The minimum Gasteiger partial charge on any atom is -0.462 e. The standard InChI is InChI=1S/C56H108O6/c1-6-8-9-10-11-12-13-14-15-18-21-24-27-30-36-41-46-54(57)60-49-53(62-56(59)48-43-38-33-32-35-40-45-52(5)7-2)50-61-55(58)47-42-37-31-28-25-22-19-16-17-20-23-26-29-34-39-44-51(3)4/h51-53H,6-50H2,1-5H3/t52?,53-/m1/s1. The number of carbonyl (C=O) groups excluding carboxylic acids is 3. The molecule has 0 heterocycles. The maximum atomic E-state index is 12.8. The molecule has 368 valence electrons. The average molecular weight is 877 g/mol. The van der Waals surface area contributed by atoms with Crippen LogP contribution < -0.4 is 0 Å². The summed E-state index contributed by atoms with van der Waals surface area (Å²) in [5.74, 6) is 0.812. The second kappa shape index (κ2) is 48.9. The molecule has 1 unspecified atom stereocenters. The molecule has 0 spiro atoms. The van der Waals surface area contributed by atoms with Crippen molar-refractivity contribution in [2.45, 2.75) is 317 Å². The van der Waals surface area contributed by atoms with E-state index in [4.69, 9.17) is 14.2 Å². The van der Waals surface area contributed by atoms with E-state index in [0.29, 0.717) is 19.3 Å². The maximum absolute atomic E-state index is 12.8. The molecule has 6 nitrogen and oxygen atoms in total. The molecule has 6 heteroatoms. The van der Waals surface area contributed by atoms with Gasteiger partial charge in [0.25, 0.3) is 0 Å². The molecule has 0 aliphatic carbocycles. The fraction of sp³-hybridized carbons (Fsp3) is 0.946. The quantitative estimate of drug-likeness (QED) is 0.0344. The van der Waals surface area contributed by atoms with Gasteiger partial charge in [0.05, 0.1) is 0 Å². The van der Waals surface area contributed by atoms with Crippen molar-refractivity contribution in [3.8, 4) is 0 Å². The van der Waals surface area contributed by atoms with Crippen LogP contribution in [-0.2, 0) is 28.6 Å². The van der Waals surface area contributed by atoms with Crippen LogP contribution in [0.2, 0.25) is 0 Å². The van der Waals surface area contributed by atoms with Crippen molar-refractivity contribution in [1.82, 2.24) is 0 Å². The molecule has 0 aliphatic heterocycles. The fourth-order valence-corrected chi connectivity index (χ4v) is 8.49. The van der Waals surface area contributed by atoms with E-state index in [9.17, 15) is 14.4 Å². The summed E-state index contributed by atoms with van der Waals surface area (Å²) < 4.78 is 16.8. The molecule has 2 atom stereocenters. The van der Waals surface area contributed by atoms with Crippen LogP contribution in [0.5, 0.6) is 0 Å². The number of hydrogen-bond donors (Lipinski definition) is 0. The Balaban J connectivity index is 4.24. The van der Waals surface area contributed by atoms with Gasteiger partial charge in [-0.25, -0.2) is 0 Å². The summed E-state index contributed by atoms with van der Waals surface area (Å²) in [6, 6.07) is 0. The number of unbranched alkanes of at least 4 members (excludes halogenated alkanes) is 34. The Hall–Kier alpha value is -1.59. The smallest absolute Gasteiger partial charge is 0.306 e. The molecule has 0 N–H and O–H groups in total. The van der Waals surface area contributed by atoms with E-state index in [-0.39, 0.29) is 31.1 Å². The Morgan fingerprint density at radius 3 is 0.919 bits per heavy atom. The van der Waals surface area contributed by atoms with Gasteiger partial charge in [-0.3, -0.25) is 14.4 Å². The second-order valence-electron chi connectivity index (χ2n) is 19.9. The molecule has 0 bridgehead atoms. The second-order valence-corrected chi connectivity index (χ2v) is 19.9. The molecule has 0 saturated heterocycles. The largest absolute Gasteiger partial charge is 0.462 e. The zero-order valence-electron chi connectivity index (χ0n) is 42.5. The Morgan fingerprint density at radius 2 is 0.613 bits per heavy atom. The normalized spacial score (nSPS) is 12.5. The monoisotopic (exact) mass is 877 g/mol. The van der Waals surface area contributed by atoms with E-state index >= 15 is 0 Å². The first-order valence-electron chi connectivity index (χ1n) is 27.8. The summed E-state index contributed by atoms with van der Waals surface area (Å²) in [5, 5.41) is 0. The summed E-state index contributed by atoms with van der Waals surface area (Å²) >= 11 is 0. The van der Waals surface area contributed by atoms with E-state index in [2.05, 4.69) is 34.6 Å². The molecule has 62 heavy (non-hydrogen) atoms. The lowest BCUT2D eigenvalue weighted by Gasteiger charge is -2.18. The van der Waals surface area contributed by atoms with Gasteiger partial charge in [0.1, 0.15) is 13.2 Å². The number of carbonyl (C=O) groups is 3. The Bertz CT molecular complexity index is 949. The SMILES string of the molecule is CCCCCCCCCCCCCCCCCCC(=O)OC[C@H](COC(=O)CCCCCCCCCCCCCCCCCC(C)C)OC(=O)CCCCCCCCC(C)CC. The molecule has 0 fully saturated rings. The van der Waals surface area contributed by atoms with Gasteiger partial charge < -0.3 is 14.2 Å². The average Bonchev–Trinajstić information content (AvgIpc) is 3.26. The van der Waals surface area contributed by atoms with Crippen molar-refractivity contribution in [2.75, 3.05) is 13.2 Å². The highest BCUT2D eigenvalue weighted by atomic mass is 16.6. The van der Waals surface area contributed by atoms with E-state index in [1.54, 1.807) is 0 Å². The van der Waals surface area contributed by atoms with Crippen LogP contribution in [0.15, 0.2) is 0 Å². The predicted molar refractivity (Wildman–Crippen MR) is 266 cm³/mol. The molecule has 0 aromatic heterocycles. The zero-order valence-corrected chi connectivity index (χ0v) is 42.5. The van der Waals surface area contributed by atoms with Crippen molar-refractivity contribution in [2.24, 2.45) is 11.8 Å². The summed E-state index contributed by atoms with van der Waals surface area (Å²) in [6.45, 7) is 11.4. The van der Waals surface area contributed by atoms with Crippen LogP contribution in [0.1, 0.15) is 311 Å². The third kappa shape index (κ3) is 47.9. The van der Waals surface area contributed by atoms with Crippen molar-refractivity contribution in [3.05, 3.63) is 0 Å². The topological polar surface area (TPSA) is 78.9 Å². The minimum absolute atomic E-state index is 0.0640. The van der Waals surface area contributed by atoms with Gasteiger partial charge in [-0.2, -0.15) is 0 Å². The van der Waals surface area contributed by atoms with Gasteiger partial charge in [0.2, 0.25) is 0 Å². The third-order valence-corrected chi connectivity index (χ3v) is 13.1. The van der Waals surface area contributed by atoms with E-state index in [1.165, 1.54) is 199 Å². The molecular formula is C56H108O6. The zero-order chi connectivity index (χ0) is 45.4. The van der Waals surface area contributed by atoms with E-state index in [0.717, 1.165) is 69.6 Å². The van der Waals surface area contributed by atoms with Crippen LogP contribution in [0.4, 0.5) is 0 Å². The molecule has 0 amide bonds. The minimum atomic E-state index is -0.763. The molecule has 0 aromatic rings. The number of hydrogen-bond acceptors (Lipinski definition) is 6. The lowest BCUT2D eigenvalue weighted by atomic mass is 10.00. The van der Waals surface area contributed by atoms with Crippen LogP contribution >= 0.6 is 0 Å². The molecule has 0 radical (unpaired) electrons. The van der Waals surface area contributed by atoms with Crippen LogP contribution in [0, 0.1) is 11.8 Å². The van der Waals surface area contributed by atoms with Crippen molar-refractivity contribution in [3.63, 3.8) is 0 Å². The van der Waals surface area contributed by atoms with Crippen LogP contribution in [0.25, 0.3) is 0 Å². The molecular weight excluding hydrogens is 769 g/mol. The highest BCUT2D eigenvalue weighted by molar-refractivity contribution is 5.71. The van der Waals surface area contributed by atoms with Gasteiger partial charge in [-0.15, -0.1) is 0 Å². The fourth-order valence-electron chi connectivity index (χ4n) is 8.49. The van der Waals surface area contributed by atoms with Gasteiger partial charge in [0, 0.05) is 19.3 Å². The summed E-state index contributed by atoms with van der Waals surface area (Å²) in [6.07, 6.45) is 51.0. The van der Waals surface area contributed by atoms with Gasteiger partial charge >= 0.3 is 17.9 Å². The molecule has 0 rings (SSSR count). The van der Waals surface area contributed by atoms with Crippen molar-refractivity contribution >= 4 is 17.9 Å². The third-order valence-electron chi connectivity index (χ3n) is 13.1. The summed E-state index contributed by atoms with van der Waals surface area (Å²) in [5.41, 5.74) is 0. The first-order valence-corrected chi connectivity index (χ1v) is 27.8. The summed E-state index contributed by atoms with van der Waals surface area (Å²) in [7, 11) is 0. The van der Waals surface area contributed by atoms with Crippen LogP contribution in [0.3, 0.4) is 0 Å². The lowest BCUT2D eigenvalue weighted by molar-refractivity contribution is -0.167. The first-order chi connectivity index (χ1) is 30.3. The van der Waals surface area contributed by atoms with Gasteiger partial charge in [-0.1, -0.05) is 272 Å². The Morgan fingerprint density at radius 1 is 0.339 bits per heavy atom. The predicted octanol–water partition coefficient (Wildman–Crippen LogP) is 18.1. The number of ether oxygens (including phenoxy) is 3. The Kier molecular flexibility index (Phi) is 47.6. The molecule has 0 saturated carbocycles. The van der Waals surface area contributed by atoms with E-state index < -0.39 is 6.10 Å². The molecule has 0 aliphatic rings. The number of rotatable bonds is 50. The van der Waals surface area contributed by atoms with Gasteiger partial charge in [0.15, 0.2) is 6.10 Å². The highest BCUT2D eigenvalue weighted by Gasteiger charge is 2.19. The summed E-state index contributed by atoms with van der Waals surface area (Å²) in [4.78, 5) is 38.0. The maximum Gasteiger partial charge on any atom is 0.306 e.